The van der Waals surface area contributed by atoms with Crippen LogP contribution < -0.4 is 10.1 Å². The number of amides is 1. The van der Waals surface area contributed by atoms with Crippen LogP contribution in [0.2, 0.25) is 0 Å². The van der Waals surface area contributed by atoms with Crippen molar-refractivity contribution >= 4 is 38.4 Å². The van der Waals surface area contributed by atoms with Gasteiger partial charge in [0.1, 0.15) is 15.2 Å². The maximum absolute atomic E-state index is 13.0. The van der Waals surface area contributed by atoms with E-state index in [9.17, 15) is 13.2 Å². The van der Waals surface area contributed by atoms with Gasteiger partial charge in [-0.15, -0.1) is 22.7 Å². The summed E-state index contributed by atoms with van der Waals surface area (Å²) < 4.78 is 31.4. The van der Waals surface area contributed by atoms with E-state index in [1.54, 1.807) is 53.9 Å². The highest BCUT2D eigenvalue weighted by atomic mass is 32.2. The van der Waals surface area contributed by atoms with Crippen LogP contribution in [0, 0.1) is 0 Å². The highest BCUT2D eigenvalue weighted by Gasteiger charge is 2.31. The van der Waals surface area contributed by atoms with Gasteiger partial charge < -0.3 is 10.1 Å². The third-order valence-electron chi connectivity index (χ3n) is 3.79. The Morgan fingerprint density at radius 1 is 1.12 bits per heavy atom. The van der Waals surface area contributed by atoms with Crippen LogP contribution in [0.25, 0.3) is 0 Å². The van der Waals surface area contributed by atoms with Crippen molar-refractivity contribution in [2.24, 2.45) is 0 Å². The number of hydrogen-bond acceptors (Lipinski definition) is 6. The van der Waals surface area contributed by atoms with Crippen LogP contribution in [0.4, 0.5) is 0 Å². The molecular formula is C18H17NO4S3. The molecule has 0 radical (unpaired) electrons. The van der Waals surface area contributed by atoms with E-state index in [1.165, 1.54) is 29.8 Å². The molecule has 8 heteroatoms. The predicted molar refractivity (Wildman–Crippen MR) is 104 cm³/mol. The van der Waals surface area contributed by atoms with Crippen LogP contribution in [0.15, 0.2) is 63.5 Å². The molecule has 0 aliphatic rings. The van der Waals surface area contributed by atoms with Gasteiger partial charge >= 0.3 is 0 Å². The van der Waals surface area contributed by atoms with E-state index in [-0.39, 0.29) is 12.5 Å². The molecule has 5 nitrogen and oxygen atoms in total. The number of hydrogen-bond donors (Lipinski definition) is 1. The largest absolute Gasteiger partial charge is 0.497 e. The molecule has 0 bridgehead atoms. The van der Waals surface area contributed by atoms with Gasteiger partial charge in [0, 0.05) is 17.0 Å². The summed E-state index contributed by atoms with van der Waals surface area (Å²) in [7, 11) is -2.06. The number of ether oxygens (including phenoxy) is 1. The third-order valence-corrected chi connectivity index (χ3v) is 8.44. The molecule has 0 spiro atoms. The Morgan fingerprint density at radius 3 is 2.54 bits per heavy atom. The van der Waals surface area contributed by atoms with Gasteiger partial charge in [-0.3, -0.25) is 4.79 Å². The molecule has 0 fully saturated rings. The smallest absolute Gasteiger partial charge is 0.251 e. The standard InChI is InChI=1S/C18H17NO4S3/c1-23-14-6-2-5-13(11-14)18(20)19-12-16(15-7-3-9-24-15)26(21,22)17-8-4-10-25-17/h2-11,16H,12H2,1H3,(H,19,20). The van der Waals surface area contributed by atoms with Crippen LogP contribution >= 0.6 is 22.7 Å². The topological polar surface area (TPSA) is 72.5 Å². The second kappa shape index (κ2) is 8.03. The van der Waals surface area contributed by atoms with E-state index in [4.69, 9.17) is 4.74 Å². The quantitative estimate of drug-likeness (QED) is 0.647. The summed E-state index contributed by atoms with van der Waals surface area (Å²) in [4.78, 5) is 13.1. The van der Waals surface area contributed by atoms with Crippen molar-refractivity contribution in [2.45, 2.75) is 9.46 Å². The van der Waals surface area contributed by atoms with E-state index < -0.39 is 15.1 Å². The predicted octanol–water partition coefficient (Wildman–Crippen LogP) is 3.76. The minimum atomic E-state index is -3.58. The maximum atomic E-state index is 13.0. The molecule has 1 unspecified atom stereocenters. The van der Waals surface area contributed by atoms with Crippen molar-refractivity contribution in [3.63, 3.8) is 0 Å². The Labute approximate surface area is 160 Å². The first-order valence-electron chi connectivity index (χ1n) is 7.75. The second-order valence-electron chi connectivity index (χ2n) is 5.42. The van der Waals surface area contributed by atoms with Crippen molar-refractivity contribution < 1.29 is 17.9 Å². The minimum absolute atomic E-state index is 0.00318. The fourth-order valence-corrected chi connectivity index (χ4v) is 6.44. The summed E-state index contributed by atoms with van der Waals surface area (Å²) in [5.74, 6) is 0.227. The SMILES string of the molecule is COc1cccc(C(=O)NCC(c2cccs2)S(=O)(=O)c2cccs2)c1. The summed E-state index contributed by atoms with van der Waals surface area (Å²) in [5, 5.41) is 5.48. The van der Waals surface area contributed by atoms with E-state index in [2.05, 4.69) is 5.32 Å². The molecule has 2 aromatic heterocycles. The number of nitrogens with one attached hydrogen (secondary N) is 1. The molecular weight excluding hydrogens is 390 g/mol. The normalized spacial score (nSPS) is 12.5. The van der Waals surface area contributed by atoms with E-state index in [1.807, 2.05) is 5.38 Å². The van der Waals surface area contributed by atoms with Crippen molar-refractivity contribution in [2.75, 3.05) is 13.7 Å². The molecule has 0 aliphatic heterocycles. The van der Waals surface area contributed by atoms with Gasteiger partial charge in [-0.1, -0.05) is 18.2 Å². The zero-order valence-electron chi connectivity index (χ0n) is 13.9. The highest BCUT2D eigenvalue weighted by molar-refractivity contribution is 7.93. The van der Waals surface area contributed by atoms with Gasteiger partial charge in [0.2, 0.25) is 0 Å². The average Bonchev–Trinajstić information content (AvgIpc) is 3.35. The average molecular weight is 408 g/mol. The summed E-state index contributed by atoms with van der Waals surface area (Å²) in [6.45, 7) is -0.00318. The molecule has 3 aromatic rings. The van der Waals surface area contributed by atoms with E-state index >= 15 is 0 Å². The molecule has 1 atom stereocenters. The number of carbonyl (C=O) groups is 1. The molecule has 0 aliphatic carbocycles. The van der Waals surface area contributed by atoms with Gasteiger partial charge in [-0.05, 0) is 41.1 Å². The van der Waals surface area contributed by atoms with Crippen LogP contribution in [0.1, 0.15) is 20.5 Å². The molecule has 136 valence electrons. The lowest BCUT2D eigenvalue weighted by Gasteiger charge is -2.16. The Bertz CT molecular complexity index is 964. The Kier molecular flexibility index (Phi) is 5.75. The van der Waals surface area contributed by atoms with Crippen LogP contribution in [-0.4, -0.2) is 28.0 Å². The lowest BCUT2D eigenvalue weighted by atomic mass is 10.2. The molecule has 0 saturated carbocycles. The fourth-order valence-electron chi connectivity index (χ4n) is 2.46. The second-order valence-corrected chi connectivity index (χ2v) is 9.71. The van der Waals surface area contributed by atoms with Crippen molar-refractivity contribution in [3.05, 3.63) is 69.7 Å². The molecule has 2 heterocycles. The van der Waals surface area contributed by atoms with Crippen LogP contribution in [0.5, 0.6) is 5.75 Å². The highest BCUT2D eigenvalue weighted by Crippen LogP contribution is 2.33. The van der Waals surface area contributed by atoms with Crippen molar-refractivity contribution in [3.8, 4) is 5.75 Å². The number of rotatable bonds is 7. The molecule has 3 rings (SSSR count). The number of carbonyl (C=O) groups excluding carboxylic acids is 1. The van der Waals surface area contributed by atoms with Gasteiger partial charge in [0.05, 0.1) is 7.11 Å². The maximum Gasteiger partial charge on any atom is 0.251 e. The monoisotopic (exact) mass is 407 g/mol. The first-order chi connectivity index (χ1) is 12.5. The number of methoxy groups -OCH3 is 1. The van der Waals surface area contributed by atoms with Crippen molar-refractivity contribution in [1.82, 2.24) is 5.32 Å². The molecule has 0 saturated heterocycles. The Hall–Kier alpha value is -2.16. The first-order valence-corrected chi connectivity index (χ1v) is 11.1. The first kappa shape index (κ1) is 18.6. The molecule has 1 aromatic carbocycles. The molecule has 1 N–H and O–H groups in total. The zero-order chi connectivity index (χ0) is 18.6. The Morgan fingerprint density at radius 2 is 1.88 bits per heavy atom. The Balaban J connectivity index is 1.82. The number of sulfone groups is 1. The van der Waals surface area contributed by atoms with Gasteiger partial charge in [0.15, 0.2) is 9.84 Å². The fraction of sp³-hybridized carbons (Fsp3) is 0.167. The minimum Gasteiger partial charge on any atom is -0.497 e. The lowest BCUT2D eigenvalue weighted by molar-refractivity contribution is 0.0953. The summed E-state index contributed by atoms with van der Waals surface area (Å²) in [5.41, 5.74) is 0.419. The summed E-state index contributed by atoms with van der Waals surface area (Å²) in [6, 6.07) is 13.6. The summed E-state index contributed by atoms with van der Waals surface area (Å²) in [6.07, 6.45) is 0. The van der Waals surface area contributed by atoms with Crippen molar-refractivity contribution in [1.29, 1.82) is 0 Å². The van der Waals surface area contributed by atoms with E-state index in [0.717, 1.165) is 0 Å². The lowest BCUT2D eigenvalue weighted by Crippen LogP contribution is -2.31. The zero-order valence-corrected chi connectivity index (χ0v) is 16.4. The van der Waals surface area contributed by atoms with Crippen LogP contribution in [0.3, 0.4) is 0 Å². The van der Waals surface area contributed by atoms with E-state index in [0.29, 0.717) is 20.4 Å². The van der Waals surface area contributed by atoms with Crippen LogP contribution in [-0.2, 0) is 9.84 Å². The molecule has 26 heavy (non-hydrogen) atoms. The van der Waals surface area contributed by atoms with Gasteiger partial charge in [-0.25, -0.2) is 8.42 Å². The molecule has 1 amide bonds. The van der Waals surface area contributed by atoms with Gasteiger partial charge in [0.25, 0.3) is 5.91 Å². The summed E-state index contributed by atoms with van der Waals surface area (Å²) >= 11 is 2.54. The third kappa shape index (κ3) is 3.98. The number of benzene rings is 1. The number of thiophene rings is 2. The van der Waals surface area contributed by atoms with Gasteiger partial charge in [-0.2, -0.15) is 0 Å².